The Kier molecular flexibility index (Phi) is 4.59. The lowest BCUT2D eigenvalue weighted by Gasteiger charge is -2.31. The molecular formula is C18H22FNO3. The molecule has 23 heavy (non-hydrogen) atoms. The summed E-state index contributed by atoms with van der Waals surface area (Å²) in [6.45, 7) is 9.01. The molecule has 1 aromatic rings. The van der Waals surface area contributed by atoms with E-state index in [-0.39, 0.29) is 11.7 Å². The van der Waals surface area contributed by atoms with Gasteiger partial charge in [0.15, 0.2) is 5.78 Å². The molecule has 2 rings (SSSR count). The number of carbonyl (C=O) groups is 2. The van der Waals surface area contributed by atoms with Gasteiger partial charge in [0, 0.05) is 11.6 Å². The molecule has 1 unspecified atom stereocenters. The Bertz CT molecular complexity index is 658. The second kappa shape index (κ2) is 6.14. The van der Waals surface area contributed by atoms with Crippen LogP contribution in [-0.2, 0) is 9.53 Å². The first kappa shape index (κ1) is 17.2. The van der Waals surface area contributed by atoms with Crippen LogP contribution in [0.15, 0.2) is 30.3 Å². The first-order valence-corrected chi connectivity index (χ1v) is 7.64. The second-order valence-electron chi connectivity index (χ2n) is 6.98. The summed E-state index contributed by atoms with van der Waals surface area (Å²) >= 11 is 0. The number of halogens is 1. The molecule has 0 radical (unpaired) electrons. The zero-order valence-corrected chi connectivity index (χ0v) is 14.1. The molecule has 1 heterocycles. The van der Waals surface area contributed by atoms with Gasteiger partial charge in [-0.2, -0.15) is 0 Å². The number of rotatable bonds is 2. The van der Waals surface area contributed by atoms with Crippen molar-refractivity contribution in [2.75, 3.05) is 0 Å². The number of amides is 1. The first-order chi connectivity index (χ1) is 10.6. The summed E-state index contributed by atoms with van der Waals surface area (Å²) in [7, 11) is 0. The topological polar surface area (TPSA) is 46.6 Å². The summed E-state index contributed by atoms with van der Waals surface area (Å²) in [4.78, 5) is 26.3. The molecule has 124 valence electrons. The molecule has 4 nitrogen and oxygen atoms in total. The van der Waals surface area contributed by atoms with E-state index in [1.807, 2.05) is 13.8 Å². The van der Waals surface area contributed by atoms with Gasteiger partial charge in [-0.1, -0.05) is 26.0 Å². The molecule has 1 aliphatic heterocycles. The molecule has 0 spiro atoms. The van der Waals surface area contributed by atoms with Gasteiger partial charge in [-0.15, -0.1) is 0 Å². The smallest absolute Gasteiger partial charge is 0.415 e. The molecule has 1 aliphatic rings. The predicted molar refractivity (Wildman–Crippen MR) is 86.1 cm³/mol. The van der Waals surface area contributed by atoms with Crippen molar-refractivity contribution in [2.24, 2.45) is 5.92 Å². The van der Waals surface area contributed by atoms with Crippen LogP contribution in [0.4, 0.5) is 9.18 Å². The summed E-state index contributed by atoms with van der Waals surface area (Å²) < 4.78 is 19.0. The van der Waals surface area contributed by atoms with Gasteiger partial charge in [0.2, 0.25) is 0 Å². The maximum absolute atomic E-state index is 13.5. The Morgan fingerprint density at radius 2 is 1.96 bits per heavy atom. The van der Waals surface area contributed by atoms with Crippen LogP contribution < -0.4 is 0 Å². The highest BCUT2D eigenvalue weighted by molar-refractivity contribution is 6.09. The molecule has 0 aromatic heterocycles. The molecule has 1 amide bonds. The Hall–Kier alpha value is -2.17. The van der Waals surface area contributed by atoms with Crippen molar-refractivity contribution in [2.45, 2.75) is 46.3 Å². The van der Waals surface area contributed by atoms with Gasteiger partial charge in [-0.05, 0) is 38.8 Å². The zero-order chi connectivity index (χ0) is 17.4. The van der Waals surface area contributed by atoms with Crippen molar-refractivity contribution in [3.05, 3.63) is 41.7 Å². The number of carbonyl (C=O) groups excluding carboxylic acids is 2. The van der Waals surface area contributed by atoms with Gasteiger partial charge in [0.05, 0.1) is 5.70 Å². The monoisotopic (exact) mass is 319 g/mol. The Morgan fingerprint density at radius 3 is 2.48 bits per heavy atom. The summed E-state index contributed by atoms with van der Waals surface area (Å²) in [6, 6.07) is 5.20. The van der Waals surface area contributed by atoms with E-state index in [0.717, 1.165) is 0 Å². The van der Waals surface area contributed by atoms with Crippen LogP contribution in [0.3, 0.4) is 0 Å². The van der Waals surface area contributed by atoms with E-state index >= 15 is 0 Å². The molecule has 5 heteroatoms. The molecule has 0 saturated heterocycles. The third kappa shape index (κ3) is 3.78. The number of benzene rings is 1. The lowest BCUT2D eigenvalue weighted by molar-refractivity contribution is -0.118. The van der Waals surface area contributed by atoms with Crippen molar-refractivity contribution < 1.29 is 18.7 Å². The van der Waals surface area contributed by atoms with E-state index in [0.29, 0.717) is 11.3 Å². The maximum atomic E-state index is 13.5. The van der Waals surface area contributed by atoms with E-state index in [1.165, 1.54) is 23.1 Å². The summed E-state index contributed by atoms with van der Waals surface area (Å²) in [6.07, 6.45) is 0.793. The van der Waals surface area contributed by atoms with Crippen LogP contribution in [0.25, 0.3) is 5.70 Å². The van der Waals surface area contributed by atoms with Gasteiger partial charge >= 0.3 is 6.09 Å². The number of hydrogen-bond acceptors (Lipinski definition) is 3. The maximum Gasteiger partial charge on any atom is 0.415 e. The fraction of sp³-hybridized carbons (Fsp3) is 0.444. The molecular weight excluding hydrogens is 297 g/mol. The van der Waals surface area contributed by atoms with E-state index in [4.69, 9.17) is 4.74 Å². The third-order valence-electron chi connectivity index (χ3n) is 3.45. The summed E-state index contributed by atoms with van der Waals surface area (Å²) in [5.74, 6) is -0.685. The van der Waals surface area contributed by atoms with E-state index in [1.54, 1.807) is 32.9 Å². The van der Waals surface area contributed by atoms with Crippen molar-refractivity contribution >= 4 is 17.6 Å². The molecule has 0 fully saturated rings. The Labute approximate surface area is 135 Å². The van der Waals surface area contributed by atoms with Crippen molar-refractivity contribution in [1.29, 1.82) is 0 Å². The average molecular weight is 319 g/mol. The predicted octanol–water partition coefficient (Wildman–Crippen LogP) is 4.01. The minimum absolute atomic E-state index is 0.0858. The lowest BCUT2D eigenvalue weighted by Crippen LogP contribution is -2.44. The largest absolute Gasteiger partial charge is 0.443 e. The number of ether oxygens (including phenoxy) is 1. The van der Waals surface area contributed by atoms with Gasteiger partial charge in [-0.25, -0.2) is 9.18 Å². The SMILES string of the molecule is CC(C)C1C(=O)C=C(c2cccc(F)c2)N1C(=O)OC(C)(C)C. The van der Waals surface area contributed by atoms with Crippen molar-refractivity contribution in [3.63, 3.8) is 0 Å². The average Bonchev–Trinajstić information content (AvgIpc) is 2.74. The van der Waals surface area contributed by atoms with Crippen LogP contribution in [0.2, 0.25) is 0 Å². The second-order valence-corrected chi connectivity index (χ2v) is 6.98. The minimum Gasteiger partial charge on any atom is -0.443 e. The Balaban J connectivity index is 2.44. The van der Waals surface area contributed by atoms with Gasteiger partial charge < -0.3 is 4.74 Å². The summed E-state index contributed by atoms with van der Waals surface area (Å²) in [5.41, 5.74) is 0.173. The quantitative estimate of drug-likeness (QED) is 0.827. The van der Waals surface area contributed by atoms with Crippen molar-refractivity contribution in [3.8, 4) is 0 Å². The number of ketones is 1. The van der Waals surface area contributed by atoms with Crippen LogP contribution in [-0.4, -0.2) is 28.4 Å². The minimum atomic E-state index is -0.683. The zero-order valence-electron chi connectivity index (χ0n) is 14.1. The van der Waals surface area contributed by atoms with Gasteiger partial charge in [0.25, 0.3) is 0 Å². The molecule has 0 N–H and O–H groups in total. The highest BCUT2D eigenvalue weighted by Gasteiger charge is 2.41. The molecule has 0 bridgehead atoms. The third-order valence-corrected chi connectivity index (χ3v) is 3.45. The molecule has 0 saturated carbocycles. The fourth-order valence-electron chi connectivity index (χ4n) is 2.59. The number of nitrogens with zero attached hydrogens (tertiary/aromatic N) is 1. The summed E-state index contributed by atoms with van der Waals surface area (Å²) in [5, 5.41) is 0. The number of hydrogen-bond donors (Lipinski definition) is 0. The van der Waals surface area contributed by atoms with E-state index in [2.05, 4.69) is 0 Å². The van der Waals surface area contributed by atoms with Gasteiger partial charge in [0.1, 0.15) is 17.5 Å². The van der Waals surface area contributed by atoms with E-state index in [9.17, 15) is 14.0 Å². The van der Waals surface area contributed by atoms with Crippen LogP contribution in [0.5, 0.6) is 0 Å². The fourth-order valence-corrected chi connectivity index (χ4v) is 2.59. The lowest BCUT2D eigenvalue weighted by atomic mass is 10.0. The van der Waals surface area contributed by atoms with Crippen molar-refractivity contribution in [1.82, 2.24) is 4.90 Å². The molecule has 1 aromatic carbocycles. The standard InChI is InChI=1S/C18H22FNO3/c1-11(2)16-15(21)10-14(12-7-6-8-13(19)9-12)20(16)17(22)23-18(3,4)5/h6-11,16H,1-5H3. The van der Waals surface area contributed by atoms with Crippen LogP contribution >= 0.6 is 0 Å². The Morgan fingerprint density at radius 1 is 1.30 bits per heavy atom. The van der Waals surface area contributed by atoms with Crippen LogP contribution in [0, 0.1) is 11.7 Å². The molecule has 1 atom stereocenters. The van der Waals surface area contributed by atoms with Crippen LogP contribution in [0.1, 0.15) is 40.2 Å². The highest BCUT2D eigenvalue weighted by Crippen LogP contribution is 2.33. The normalized spacial score (nSPS) is 18.4. The molecule has 0 aliphatic carbocycles. The van der Waals surface area contributed by atoms with E-state index < -0.39 is 23.6 Å². The first-order valence-electron chi connectivity index (χ1n) is 7.64. The van der Waals surface area contributed by atoms with Gasteiger partial charge in [-0.3, -0.25) is 9.69 Å². The highest BCUT2D eigenvalue weighted by atomic mass is 19.1.